The second-order valence-electron chi connectivity index (χ2n) is 6.69. The van der Waals surface area contributed by atoms with Gasteiger partial charge in [0, 0.05) is 11.8 Å². The van der Waals surface area contributed by atoms with Crippen molar-refractivity contribution in [2.45, 2.75) is 0 Å². The fourth-order valence-corrected chi connectivity index (χ4v) is 3.83. The molecule has 2 aromatic heterocycles. The number of primary amides is 1. The first-order chi connectivity index (χ1) is 15.5. The van der Waals surface area contributed by atoms with E-state index in [4.69, 9.17) is 10.5 Å². The van der Waals surface area contributed by atoms with Crippen LogP contribution in [0.25, 0.3) is 16.9 Å². The lowest BCUT2D eigenvalue weighted by Gasteiger charge is -2.06. The van der Waals surface area contributed by atoms with Gasteiger partial charge >= 0.3 is 5.97 Å². The number of esters is 1. The number of para-hydroxylation sites is 1. The first kappa shape index (κ1) is 21.0. The molecule has 2 heterocycles. The minimum absolute atomic E-state index is 0.199. The number of rotatable bonds is 7. The van der Waals surface area contributed by atoms with Gasteiger partial charge in [0.15, 0.2) is 6.61 Å². The molecule has 0 unspecified atom stereocenters. The number of hydrogen-bond donors (Lipinski definition) is 2. The zero-order chi connectivity index (χ0) is 22.5. The number of nitrogens with zero attached hydrogens (tertiary/aromatic N) is 2. The smallest absolute Gasteiger partial charge is 0.342 e. The minimum atomic E-state index is -0.692. The highest BCUT2D eigenvalue weighted by Gasteiger charge is 2.21. The van der Waals surface area contributed by atoms with Gasteiger partial charge in [-0.15, -0.1) is 11.3 Å². The molecule has 2 amide bonds. The minimum Gasteiger partial charge on any atom is -0.452 e. The highest BCUT2D eigenvalue weighted by atomic mass is 32.1. The molecule has 0 atom stereocenters. The molecule has 0 saturated carbocycles. The van der Waals surface area contributed by atoms with Crippen LogP contribution >= 0.6 is 11.3 Å². The predicted octanol–water partition coefficient (Wildman–Crippen LogP) is 3.50. The van der Waals surface area contributed by atoms with Crippen LogP contribution in [0.15, 0.2) is 78.3 Å². The van der Waals surface area contributed by atoms with Crippen LogP contribution in [0, 0.1) is 0 Å². The van der Waals surface area contributed by atoms with Crippen molar-refractivity contribution in [3.05, 3.63) is 89.4 Å². The largest absolute Gasteiger partial charge is 0.452 e. The Morgan fingerprint density at radius 2 is 1.66 bits per heavy atom. The lowest BCUT2D eigenvalue weighted by atomic mass is 10.1. The van der Waals surface area contributed by atoms with Gasteiger partial charge in [0.2, 0.25) is 0 Å². The number of benzene rings is 2. The average molecular weight is 446 g/mol. The van der Waals surface area contributed by atoms with Crippen LogP contribution in [0.4, 0.5) is 5.00 Å². The monoisotopic (exact) mass is 446 g/mol. The summed E-state index contributed by atoms with van der Waals surface area (Å²) >= 11 is 1.15. The van der Waals surface area contributed by atoms with E-state index >= 15 is 0 Å². The van der Waals surface area contributed by atoms with Crippen LogP contribution in [0.3, 0.4) is 0 Å². The summed E-state index contributed by atoms with van der Waals surface area (Å²) < 4.78 is 6.82. The molecule has 4 rings (SSSR count). The maximum Gasteiger partial charge on any atom is 0.342 e. The number of hydrogen-bond acceptors (Lipinski definition) is 6. The fraction of sp³-hybridized carbons (Fsp3) is 0.0435. The lowest BCUT2D eigenvalue weighted by molar-refractivity contribution is -0.119. The summed E-state index contributed by atoms with van der Waals surface area (Å²) in [6, 6.07) is 20.1. The predicted molar refractivity (Wildman–Crippen MR) is 121 cm³/mol. The van der Waals surface area contributed by atoms with Gasteiger partial charge in [0.05, 0.1) is 11.3 Å². The molecule has 0 spiro atoms. The quantitative estimate of drug-likeness (QED) is 0.422. The van der Waals surface area contributed by atoms with Gasteiger partial charge in [-0.25, -0.2) is 9.48 Å². The topological polar surface area (TPSA) is 116 Å². The Labute approximate surface area is 187 Å². The van der Waals surface area contributed by atoms with Crippen molar-refractivity contribution in [1.82, 2.24) is 9.78 Å². The Kier molecular flexibility index (Phi) is 6.09. The summed E-state index contributed by atoms with van der Waals surface area (Å²) in [5.41, 5.74) is 7.65. The molecule has 2 aromatic carbocycles. The zero-order valence-corrected chi connectivity index (χ0v) is 17.5. The summed E-state index contributed by atoms with van der Waals surface area (Å²) in [7, 11) is 0. The van der Waals surface area contributed by atoms with Gasteiger partial charge in [0.25, 0.3) is 11.8 Å². The van der Waals surface area contributed by atoms with Crippen LogP contribution in [0.2, 0.25) is 0 Å². The molecular weight excluding hydrogens is 428 g/mol. The Balaban J connectivity index is 1.53. The van der Waals surface area contributed by atoms with Gasteiger partial charge in [0.1, 0.15) is 16.3 Å². The van der Waals surface area contributed by atoms with E-state index in [0.717, 1.165) is 22.6 Å². The molecular formula is C23H18N4O4S. The summed E-state index contributed by atoms with van der Waals surface area (Å²) in [4.78, 5) is 36.5. The van der Waals surface area contributed by atoms with Crippen molar-refractivity contribution in [3.63, 3.8) is 0 Å². The molecule has 0 saturated heterocycles. The Morgan fingerprint density at radius 1 is 0.969 bits per heavy atom. The van der Waals surface area contributed by atoms with Crippen LogP contribution in [-0.2, 0) is 9.53 Å². The van der Waals surface area contributed by atoms with Crippen LogP contribution < -0.4 is 11.1 Å². The van der Waals surface area contributed by atoms with E-state index < -0.39 is 24.4 Å². The van der Waals surface area contributed by atoms with Gasteiger partial charge in [-0.2, -0.15) is 5.10 Å². The number of nitrogens with one attached hydrogen (secondary N) is 1. The second-order valence-corrected chi connectivity index (χ2v) is 7.61. The number of ether oxygens (including phenoxy) is 1. The molecule has 4 aromatic rings. The number of carbonyl (C=O) groups excluding carboxylic acids is 3. The standard InChI is InChI=1S/C23H18N4O4S/c24-21(29)17-11-12-32-22(17)25-19(28)14-31-23(30)18-13-27(16-9-5-2-6-10-16)26-20(18)15-7-3-1-4-8-15/h1-13H,14H2,(H2,24,29)(H,25,28). The number of thiophene rings is 1. The number of amides is 2. The van der Waals surface area contributed by atoms with Gasteiger partial charge in [-0.1, -0.05) is 48.5 Å². The Morgan fingerprint density at radius 3 is 2.34 bits per heavy atom. The third kappa shape index (κ3) is 4.57. The van der Waals surface area contributed by atoms with Crippen molar-refractivity contribution >= 4 is 34.1 Å². The molecule has 8 nitrogen and oxygen atoms in total. The molecule has 160 valence electrons. The van der Waals surface area contributed by atoms with E-state index in [1.807, 2.05) is 60.7 Å². The van der Waals surface area contributed by atoms with E-state index in [1.165, 1.54) is 6.07 Å². The Bertz CT molecular complexity index is 1270. The number of carbonyl (C=O) groups is 3. The third-order valence-corrected chi connectivity index (χ3v) is 5.35. The number of aromatic nitrogens is 2. The van der Waals surface area contributed by atoms with Crippen LogP contribution in [0.1, 0.15) is 20.7 Å². The SMILES string of the molecule is NC(=O)c1ccsc1NC(=O)COC(=O)c1cn(-c2ccccc2)nc1-c1ccccc1. The van der Waals surface area contributed by atoms with E-state index in [0.29, 0.717) is 10.7 Å². The molecule has 32 heavy (non-hydrogen) atoms. The van der Waals surface area contributed by atoms with E-state index in [2.05, 4.69) is 10.4 Å². The van der Waals surface area contributed by atoms with Crippen molar-refractivity contribution in [2.75, 3.05) is 11.9 Å². The second kappa shape index (κ2) is 9.27. The summed E-state index contributed by atoms with van der Waals surface area (Å²) in [5, 5.41) is 9.03. The van der Waals surface area contributed by atoms with E-state index in [9.17, 15) is 14.4 Å². The molecule has 0 aliphatic rings. The first-order valence-electron chi connectivity index (χ1n) is 9.57. The van der Waals surface area contributed by atoms with Crippen LogP contribution in [-0.4, -0.2) is 34.2 Å². The average Bonchev–Trinajstić information content (AvgIpc) is 3.46. The lowest BCUT2D eigenvalue weighted by Crippen LogP contribution is -2.22. The number of anilines is 1. The maximum absolute atomic E-state index is 12.8. The summed E-state index contributed by atoms with van der Waals surface area (Å²) in [5.74, 6) is -1.93. The van der Waals surface area contributed by atoms with Gasteiger partial charge in [-0.3, -0.25) is 9.59 Å². The molecule has 0 radical (unpaired) electrons. The molecule has 9 heteroatoms. The van der Waals surface area contributed by atoms with Crippen molar-refractivity contribution in [3.8, 4) is 16.9 Å². The molecule has 0 fully saturated rings. The summed E-state index contributed by atoms with van der Waals surface area (Å²) in [6.07, 6.45) is 1.57. The summed E-state index contributed by atoms with van der Waals surface area (Å²) in [6.45, 7) is -0.528. The zero-order valence-electron chi connectivity index (χ0n) is 16.7. The Hall–Kier alpha value is -4.24. The molecule has 0 aliphatic carbocycles. The molecule has 3 N–H and O–H groups in total. The first-order valence-corrected chi connectivity index (χ1v) is 10.5. The van der Waals surface area contributed by atoms with Crippen molar-refractivity contribution in [2.24, 2.45) is 5.73 Å². The van der Waals surface area contributed by atoms with Gasteiger partial charge < -0.3 is 15.8 Å². The highest BCUT2D eigenvalue weighted by Crippen LogP contribution is 2.25. The fourth-order valence-electron chi connectivity index (χ4n) is 3.02. The van der Waals surface area contributed by atoms with Crippen LogP contribution in [0.5, 0.6) is 0 Å². The third-order valence-electron chi connectivity index (χ3n) is 4.52. The van der Waals surface area contributed by atoms with Crippen molar-refractivity contribution in [1.29, 1.82) is 0 Å². The van der Waals surface area contributed by atoms with Gasteiger partial charge in [-0.05, 0) is 23.6 Å². The van der Waals surface area contributed by atoms with E-state index in [-0.39, 0.29) is 11.1 Å². The number of nitrogens with two attached hydrogens (primary N) is 1. The highest BCUT2D eigenvalue weighted by molar-refractivity contribution is 7.14. The molecule has 0 aliphatic heterocycles. The van der Waals surface area contributed by atoms with E-state index in [1.54, 1.807) is 16.3 Å². The normalized spacial score (nSPS) is 10.5. The van der Waals surface area contributed by atoms with Crippen molar-refractivity contribution < 1.29 is 19.1 Å². The maximum atomic E-state index is 12.8. The molecule has 0 bridgehead atoms.